The first kappa shape index (κ1) is 72.7. The highest BCUT2D eigenvalue weighted by molar-refractivity contribution is 5.72. The predicted molar refractivity (Wildman–Crippen MR) is 343 cm³/mol. The topological polar surface area (TPSA) is 78.9 Å². The Morgan fingerprint density at radius 1 is 0.266 bits per heavy atom. The van der Waals surface area contributed by atoms with E-state index in [2.05, 4.69) is 227 Å². The van der Waals surface area contributed by atoms with Crippen molar-refractivity contribution in [2.24, 2.45) is 0 Å². The van der Waals surface area contributed by atoms with Crippen molar-refractivity contribution in [2.75, 3.05) is 13.2 Å². The highest BCUT2D eigenvalue weighted by Gasteiger charge is 2.19. The number of rotatable bonds is 51. The molecule has 0 heterocycles. The lowest BCUT2D eigenvalue weighted by Crippen LogP contribution is -2.30. The molecule has 0 saturated carbocycles. The van der Waals surface area contributed by atoms with Crippen LogP contribution >= 0.6 is 0 Å². The molecule has 0 aromatic heterocycles. The lowest BCUT2D eigenvalue weighted by molar-refractivity contribution is -0.166. The Morgan fingerprint density at radius 3 is 0.772 bits per heavy atom. The van der Waals surface area contributed by atoms with Crippen LogP contribution in [0, 0.1) is 0 Å². The Bertz CT molecular complexity index is 2010. The van der Waals surface area contributed by atoms with E-state index in [1.807, 2.05) is 6.08 Å². The summed E-state index contributed by atoms with van der Waals surface area (Å²) in [6.07, 6.45) is 101. The monoisotopic (exact) mass is 1080 g/mol. The van der Waals surface area contributed by atoms with Crippen LogP contribution in [-0.2, 0) is 28.6 Å². The van der Waals surface area contributed by atoms with Crippen molar-refractivity contribution in [3.8, 4) is 0 Å². The maximum absolute atomic E-state index is 12.8. The van der Waals surface area contributed by atoms with Crippen molar-refractivity contribution in [2.45, 2.75) is 207 Å². The molecule has 0 bridgehead atoms. The Hall–Kier alpha value is -6.27. The van der Waals surface area contributed by atoms with Crippen LogP contribution in [0.5, 0.6) is 0 Å². The maximum Gasteiger partial charge on any atom is 0.310 e. The molecule has 434 valence electrons. The van der Waals surface area contributed by atoms with Crippen LogP contribution < -0.4 is 0 Å². The van der Waals surface area contributed by atoms with Crippen LogP contribution in [0.1, 0.15) is 201 Å². The third-order valence-electron chi connectivity index (χ3n) is 11.5. The predicted octanol–water partition coefficient (Wildman–Crippen LogP) is 21.0. The fraction of sp³-hybridized carbons (Fsp3) is 0.466. The summed E-state index contributed by atoms with van der Waals surface area (Å²) < 4.78 is 16.7. The summed E-state index contributed by atoms with van der Waals surface area (Å²) >= 11 is 0. The van der Waals surface area contributed by atoms with E-state index in [0.29, 0.717) is 19.3 Å². The number of hydrogen-bond donors (Lipinski definition) is 0. The van der Waals surface area contributed by atoms with Crippen LogP contribution in [0.15, 0.2) is 219 Å². The molecular weight excluding hydrogens is 973 g/mol. The van der Waals surface area contributed by atoms with Gasteiger partial charge in [0, 0.05) is 12.8 Å². The van der Waals surface area contributed by atoms with Gasteiger partial charge in [-0.3, -0.25) is 14.4 Å². The standard InChI is InChI=1S/C73H106O6/c1-4-7-10-13-16-19-22-25-28-29-30-31-32-33-34-35-36-37-38-39-40-41-42-43-46-48-51-54-57-60-63-66-72(75)78-69-70(79-73(76)67-64-61-58-55-52-49-45-27-24-21-18-15-12-9-6-3)68-77-71(74)65-62-59-56-53-50-47-44-26-23-20-17-14-11-8-5-2/h7-12,16-21,25-28,30-31,33-34,36-37,39-40,42-45,48,50-53,55,61,64,70H,4-6,13-15,22-24,29,32,35,38,41,46-47,49,54,56-60,62-63,65-69H2,1-3H3/b10-7-,11-8-,12-9-,19-16-,20-17-,21-18-,28-25-,31-30-,34-33-,37-36-,40-39-,43-42-,44-26-,45-27-,51-48-,53-50-,55-52-,64-61-. The molecule has 0 saturated heterocycles. The minimum Gasteiger partial charge on any atom is -0.462 e. The van der Waals surface area contributed by atoms with E-state index in [1.165, 1.54) is 0 Å². The highest BCUT2D eigenvalue weighted by Crippen LogP contribution is 2.10. The van der Waals surface area contributed by atoms with Crippen LogP contribution in [0.2, 0.25) is 0 Å². The fourth-order valence-corrected chi connectivity index (χ4v) is 7.09. The molecule has 0 aliphatic rings. The van der Waals surface area contributed by atoms with Gasteiger partial charge in [0.05, 0.1) is 6.42 Å². The Balaban J connectivity index is 4.54. The molecular formula is C73H106O6. The quantitative estimate of drug-likeness (QED) is 0.0261. The first-order chi connectivity index (χ1) is 39.0. The summed E-state index contributed by atoms with van der Waals surface area (Å²) in [6.45, 7) is 6.11. The molecule has 0 aromatic rings. The zero-order valence-corrected chi connectivity index (χ0v) is 49.5. The van der Waals surface area contributed by atoms with Crippen LogP contribution in [-0.4, -0.2) is 37.2 Å². The van der Waals surface area contributed by atoms with E-state index in [0.717, 1.165) is 141 Å². The molecule has 0 aromatic carbocycles. The van der Waals surface area contributed by atoms with Gasteiger partial charge in [0.25, 0.3) is 0 Å². The second-order valence-corrected chi connectivity index (χ2v) is 18.8. The van der Waals surface area contributed by atoms with Gasteiger partial charge in [-0.2, -0.15) is 0 Å². The summed E-state index contributed by atoms with van der Waals surface area (Å²) in [4.78, 5) is 38.1. The van der Waals surface area contributed by atoms with Crippen LogP contribution in [0.25, 0.3) is 0 Å². The molecule has 0 radical (unpaired) electrons. The molecule has 0 rings (SSSR count). The van der Waals surface area contributed by atoms with Gasteiger partial charge >= 0.3 is 17.9 Å². The molecule has 6 nitrogen and oxygen atoms in total. The number of hydrogen-bond acceptors (Lipinski definition) is 6. The summed E-state index contributed by atoms with van der Waals surface area (Å²) in [5.41, 5.74) is 0. The second-order valence-electron chi connectivity index (χ2n) is 18.8. The molecule has 1 atom stereocenters. The number of carbonyl (C=O) groups is 3. The molecule has 6 heteroatoms. The van der Waals surface area contributed by atoms with Gasteiger partial charge < -0.3 is 14.2 Å². The molecule has 0 aliphatic carbocycles. The van der Waals surface area contributed by atoms with E-state index in [4.69, 9.17) is 14.2 Å². The van der Waals surface area contributed by atoms with Crippen molar-refractivity contribution >= 4 is 17.9 Å². The normalized spacial score (nSPS) is 13.7. The molecule has 0 aliphatic heterocycles. The SMILES string of the molecule is CC/C=C\C/C=C\C/C=C\C/C=C\C/C=C\C/C=C\C/C=C\C/C=C\C/C=C\CCCCCC(=O)OCC(COC(=O)CCCC/C=C\C/C=C\C/C=C\C/C=C\CC)OC(=O)C/C=C\C/C=C\C/C=C\C/C=C\C/C=C\CC. The number of unbranched alkanes of at least 4 members (excludes halogenated alkanes) is 5. The van der Waals surface area contributed by atoms with E-state index in [-0.39, 0.29) is 44.4 Å². The van der Waals surface area contributed by atoms with E-state index >= 15 is 0 Å². The average molecular weight is 1080 g/mol. The number of carbonyl (C=O) groups excluding carboxylic acids is 3. The van der Waals surface area contributed by atoms with Crippen molar-refractivity contribution < 1.29 is 28.6 Å². The van der Waals surface area contributed by atoms with Gasteiger partial charge in [0.2, 0.25) is 0 Å². The van der Waals surface area contributed by atoms with Crippen molar-refractivity contribution in [1.82, 2.24) is 0 Å². The van der Waals surface area contributed by atoms with Gasteiger partial charge in [-0.15, -0.1) is 0 Å². The summed E-state index contributed by atoms with van der Waals surface area (Å²) in [6, 6.07) is 0. The van der Waals surface area contributed by atoms with Crippen molar-refractivity contribution in [3.63, 3.8) is 0 Å². The van der Waals surface area contributed by atoms with Gasteiger partial charge in [-0.25, -0.2) is 0 Å². The zero-order valence-electron chi connectivity index (χ0n) is 49.5. The smallest absolute Gasteiger partial charge is 0.310 e. The minimum absolute atomic E-state index is 0.0671. The van der Waals surface area contributed by atoms with Gasteiger partial charge in [0.15, 0.2) is 6.10 Å². The van der Waals surface area contributed by atoms with Gasteiger partial charge in [-0.05, 0) is 154 Å². The summed E-state index contributed by atoms with van der Waals surface area (Å²) in [5, 5.41) is 0. The summed E-state index contributed by atoms with van der Waals surface area (Å²) in [7, 11) is 0. The zero-order chi connectivity index (χ0) is 57.1. The maximum atomic E-state index is 12.8. The summed E-state index contributed by atoms with van der Waals surface area (Å²) in [5.74, 6) is -1.18. The fourth-order valence-electron chi connectivity index (χ4n) is 7.09. The number of ether oxygens (including phenoxy) is 3. The Labute approximate surface area is 482 Å². The van der Waals surface area contributed by atoms with E-state index in [1.54, 1.807) is 6.08 Å². The lowest BCUT2D eigenvalue weighted by atomic mass is 10.1. The lowest BCUT2D eigenvalue weighted by Gasteiger charge is -2.18. The number of esters is 3. The molecule has 79 heavy (non-hydrogen) atoms. The molecule has 0 spiro atoms. The first-order valence-electron chi connectivity index (χ1n) is 30.2. The van der Waals surface area contributed by atoms with Crippen molar-refractivity contribution in [3.05, 3.63) is 219 Å². The molecule has 1 unspecified atom stereocenters. The molecule has 0 fully saturated rings. The second kappa shape index (κ2) is 64.3. The molecule has 0 amide bonds. The Kier molecular flexibility index (Phi) is 59.2. The third-order valence-corrected chi connectivity index (χ3v) is 11.5. The average Bonchev–Trinajstić information content (AvgIpc) is 3.45. The molecule has 0 N–H and O–H groups in total. The minimum atomic E-state index is -0.879. The van der Waals surface area contributed by atoms with E-state index < -0.39 is 12.1 Å². The highest BCUT2D eigenvalue weighted by atomic mass is 16.6. The first-order valence-corrected chi connectivity index (χ1v) is 30.2. The number of allylic oxidation sites excluding steroid dienone is 35. The van der Waals surface area contributed by atoms with Crippen LogP contribution in [0.4, 0.5) is 0 Å². The van der Waals surface area contributed by atoms with Crippen molar-refractivity contribution in [1.29, 1.82) is 0 Å². The van der Waals surface area contributed by atoms with Gasteiger partial charge in [0.1, 0.15) is 13.2 Å². The van der Waals surface area contributed by atoms with Crippen LogP contribution in [0.3, 0.4) is 0 Å². The van der Waals surface area contributed by atoms with E-state index in [9.17, 15) is 14.4 Å². The largest absolute Gasteiger partial charge is 0.462 e. The third kappa shape index (κ3) is 62.5. The van der Waals surface area contributed by atoms with Gasteiger partial charge in [-0.1, -0.05) is 246 Å². The Morgan fingerprint density at radius 2 is 0.494 bits per heavy atom.